The molecule has 0 atom stereocenters. The lowest BCUT2D eigenvalue weighted by molar-refractivity contribution is 0.364. The molecule has 4 heteroatoms. The number of hydrogen-bond acceptors (Lipinski definition) is 3. The first-order valence-corrected chi connectivity index (χ1v) is 4.55. The predicted octanol–water partition coefficient (Wildman–Crippen LogP) is 1.81. The summed E-state index contributed by atoms with van der Waals surface area (Å²) >= 11 is 3.33. The minimum Gasteiger partial charge on any atom is -0.478 e. The molecule has 0 bridgehead atoms. The third-order valence-electron chi connectivity index (χ3n) is 1.53. The third kappa shape index (κ3) is 2.72. The first kappa shape index (κ1) is 10.0. The third-order valence-corrected chi connectivity index (χ3v) is 2.03. The largest absolute Gasteiger partial charge is 0.478 e. The second-order valence-corrected chi connectivity index (χ2v) is 3.32. The summed E-state index contributed by atoms with van der Waals surface area (Å²) in [5.41, 5.74) is 6.40. The van der Waals surface area contributed by atoms with Crippen LogP contribution in [0.2, 0.25) is 0 Å². The lowest BCUT2D eigenvalue weighted by Gasteiger charge is -2.07. The van der Waals surface area contributed by atoms with Crippen LogP contribution in [0.1, 0.15) is 5.56 Å². The molecule has 1 aromatic carbocycles. The van der Waals surface area contributed by atoms with E-state index in [1.165, 1.54) is 0 Å². The molecule has 0 amide bonds. The maximum atomic E-state index is 8.33. The number of nitriles is 1. The molecule has 0 aliphatic heterocycles. The summed E-state index contributed by atoms with van der Waals surface area (Å²) in [6.07, 6.45) is 0. The first-order chi connectivity index (χ1) is 6.27. The average Bonchev–Trinajstić information content (AvgIpc) is 2.16. The van der Waals surface area contributed by atoms with Crippen molar-refractivity contribution in [3.63, 3.8) is 0 Å². The van der Waals surface area contributed by atoms with E-state index in [-0.39, 0.29) is 6.61 Å². The summed E-state index contributed by atoms with van der Waals surface area (Å²) in [6, 6.07) is 7.44. The lowest BCUT2D eigenvalue weighted by atomic mass is 10.2. The Bertz CT molecular complexity index is 333. The molecular formula is C9H9BrN2O. The summed E-state index contributed by atoms with van der Waals surface area (Å²) < 4.78 is 6.13. The molecule has 1 rings (SSSR count). The minimum atomic E-state index is 0.0502. The predicted molar refractivity (Wildman–Crippen MR) is 53.1 cm³/mol. The van der Waals surface area contributed by atoms with E-state index in [4.69, 9.17) is 15.7 Å². The van der Waals surface area contributed by atoms with Crippen LogP contribution in [0.25, 0.3) is 0 Å². The molecule has 0 aromatic heterocycles. The van der Waals surface area contributed by atoms with E-state index in [2.05, 4.69) is 15.9 Å². The molecule has 3 nitrogen and oxygen atoms in total. The van der Waals surface area contributed by atoms with Crippen molar-refractivity contribution < 1.29 is 4.74 Å². The topological polar surface area (TPSA) is 59.0 Å². The fraction of sp³-hybridized carbons (Fsp3) is 0.222. The summed E-state index contributed by atoms with van der Waals surface area (Å²) in [6.45, 7) is 0.453. The molecule has 0 heterocycles. The standard InChI is InChI=1S/C9H9BrN2O/c10-8-1-2-9(13-4-3-11)7(5-8)6-12/h1-2,5H,4,6,12H2. The fourth-order valence-electron chi connectivity index (χ4n) is 0.958. The molecular weight excluding hydrogens is 232 g/mol. The zero-order valence-electron chi connectivity index (χ0n) is 6.96. The van der Waals surface area contributed by atoms with Crippen molar-refractivity contribution in [1.82, 2.24) is 0 Å². The zero-order valence-corrected chi connectivity index (χ0v) is 8.54. The molecule has 0 aliphatic carbocycles. The molecule has 68 valence electrons. The van der Waals surface area contributed by atoms with Gasteiger partial charge in [-0.15, -0.1) is 0 Å². The van der Waals surface area contributed by atoms with Gasteiger partial charge in [0.2, 0.25) is 0 Å². The molecule has 13 heavy (non-hydrogen) atoms. The van der Waals surface area contributed by atoms with Crippen LogP contribution in [0.15, 0.2) is 22.7 Å². The van der Waals surface area contributed by atoms with Gasteiger partial charge in [0.1, 0.15) is 11.8 Å². The van der Waals surface area contributed by atoms with Crippen LogP contribution >= 0.6 is 15.9 Å². The number of rotatable bonds is 3. The van der Waals surface area contributed by atoms with Crippen LogP contribution in [0.3, 0.4) is 0 Å². The average molecular weight is 241 g/mol. The molecule has 0 radical (unpaired) electrons. The quantitative estimate of drug-likeness (QED) is 0.877. The summed E-state index contributed by atoms with van der Waals surface area (Å²) in [7, 11) is 0. The Morgan fingerprint density at radius 3 is 2.92 bits per heavy atom. The van der Waals surface area contributed by atoms with Crippen molar-refractivity contribution in [2.75, 3.05) is 6.61 Å². The second kappa shape index (κ2) is 4.85. The molecule has 0 aliphatic rings. The minimum absolute atomic E-state index is 0.0502. The van der Waals surface area contributed by atoms with Gasteiger partial charge in [0.25, 0.3) is 0 Å². The monoisotopic (exact) mass is 240 g/mol. The van der Waals surface area contributed by atoms with Crippen LogP contribution in [0, 0.1) is 11.3 Å². The van der Waals surface area contributed by atoms with Crippen LogP contribution in [-0.2, 0) is 6.54 Å². The summed E-state index contributed by atoms with van der Waals surface area (Å²) in [5, 5.41) is 8.33. The Balaban J connectivity index is 2.87. The molecule has 0 spiro atoms. The first-order valence-electron chi connectivity index (χ1n) is 3.76. The van der Waals surface area contributed by atoms with Crippen molar-refractivity contribution >= 4 is 15.9 Å². The number of hydrogen-bond donors (Lipinski definition) is 1. The van der Waals surface area contributed by atoms with Gasteiger partial charge >= 0.3 is 0 Å². The lowest BCUT2D eigenvalue weighted by Crippen LogP contribution is -2.02. The summed E-state index contributed by atoms with van der Waals surface area (Å²) in [4.78, 5) is 0. The Labute approximate surface area is 85.2 Å². The number of halogens is 1. The highest BCUT2D eigenvalue weighted by Crippen LogP contribution is 2.22. The number of nitrogens with zero attached hydrogens (tertiary/aromatic N) is 1. The van der Waals surface area contributed by atoms with E-state index < -0.39 is 0 Å². The zero-order chi connectivity index (χ0) is 9.68. The number of ether oxygens (including phenoxy) is 1. The molecule has 0 saturated carbocycles. The Morgan fingerprint density at radius 1 is 1.54 bits per heavy atom. The maximum Gasteiger partial charge on any atom is 0.174 e. The maximum absolute atomic E-state index is 8.33. The Morgan fingerprint density at radius 2 is 2.31 bits per heavy atom. The van der Waals surface area contributed by atoms with Crippen molar-refractivity contribution in [3.8, 4) is 11.8 Å². The van der Waals surface area contributed by atoms with Crippen LogP contribution in [-0.4, -0.2) is 6.61 Å². The van der Waals surface area contributed by atoms with Crippen molar-refractivity contribution in [2.24, 2.45) is 5.73 Å². The van der Waals surface area contributed by atoms with Crippen molar-refractivity contribution in [1.29, 1.82) is 5.26 Å². The van der Waals surface area contributed by atoms with E-state index in [9.17, 15) is 0 Å². The van der Waals surface area contributed by atoms with E-state index in [0.29, 0.717) is 12.3 Å². The van der Waals surface area contributed by atoms with Crippen LogP contribution < -0.4 is 10.5 Å². The van der Waals surface area contributed by atoms with Gasteiger partial charge in [0.15, 0.2) is 6.61 Å². The van der Waals surface area contributed by atoms with Gasteiger partial charge in [-0.1, -0.05) is 15.9 Å². The van der Waals surface area contributed by atoms with Gasteiger partial charge in [-0.25, -0.2) is 0 Å². The van der Waals surface area contributed by atoms with E-state index in [1.54, 1.807) is 6.07 Å². The van der Waals surface area contributed by atoms with Crippen LogP contribution in [0.4, 0.5) is 0 Å². The Hall–Kier alpha value is -1.05. The van der Waals surface area contributed by atoms with E-state index in [0.717, 1.165) is 10.0 Å². The molecule has 2 N–H and O–H groups in total. The smallest absolute Gasteiger partial charge is 0.174 e. The second-order valence-electron chi connectivity index (χ2n) is 2.40. The van der Waals surface area contributed by atoms with Gasteiger partial charge < -0.3 is 10.5 Å². The Kier molecular flexibility index (Phi) is 3.74. The highest BCUT2D eigenvalue weighted by atomic mass is 79.9. The molecule has 0 fully saturated rings. The number of benzene rings is 1. The highest BCUT2D eigenvalue weighted by molar-refractivity contribution is 9.10. The van der Waals surface area contributed by atoms with Crippen molar-refractivity contribution in [3.05, 3.63) is 28.2 Å². The fourth-order valence-corrected chi connectivity index (χ4v) is 1.37. The van der Waals surface area contributed by atoms with Gasteiger partial charge in [-0.05, 0) is 18.2 Å². The molecule has 0 saturated heterocycles. The van der Waals surface area contributed by atoms with Gasteiger partial charge in [0.05, 0.1) is 0 Å². The van der Waals surface area contributed by atoms with Gasteiger partial charge in [-0.2, -0.15) is 5.26 Å². The van der Waals surface area contributed by atoms with E-state index >= 15 is 0 Å². The van der Waals surface area contributed by atoms with Crippen molar-refractivity contribution in [2.45, 2.75) is 6.54 Å². The van der Waals surface area contributed by atoms with Gasteiger partial charge in [0, 0.05) is 16.6 Å². The molecule has 1 aromatic rings. The van der Waals surface area contributed by atoms with E-state index in [1.807, 2.05) is 18.2 Å². The summed E-state index contributed by atoms with van der Waals surface area (Å²) in [5.74, 6) is 0.673. The SMILES string of the molecule is N#CCOc1ccc(Br)cc1CN. The van der Waals surface area contributed by atoms with Gasteiger partial charge in [-0.3, -0.25) is 0 Å². The number of nitrogens with two attached hydrogens (primary N) is 1. The highest BCUT2D eigenvalue weighted by Gasteiger charge is 2.01. The molecule has 0 unspecified atom stereocenters. The van der Waals surface area contributed by atoms with Crippen LogP contribution in [0.5, 0.6) is 5.75 Å². The normalized spacial score (nSPS) is 9.31.